The zero-order valence-electron chi connectivity index (χ0n) is 8.75. The average Bonchev–Trinajstić information content (AvgIpc) is 2.06. The van der Waals surface area contributed by atoms with Crippen LogP contribution < -0.4 is 0 Å². The maximum atomic E-state index is 2.28. The molecule has 1 rings (SSSR count). The van der Waals surface area contributed by atoms with Crippen molar-refractivity contribution in [2.45, 2.75) is 27.2 Å². The minimum Gasteiger partial charge on any atom is -0.317 e. The fourth-order valence-electron chi connectivity index (χ4n) is 1.17. The third-order valence-corrected chi connectivity index (χ3v) is 2.37. The van der Waals surface area contributed by atoms with Crippen LogP contribution in [0.4, 0.5) is 0 Å². The summed E-state index contributed by atoms with van der Waals surface area (Å²) < 4.78 is 0. The summed E-state index contributed by atoms with van der Waals surface area (Å²) in [6.45, 7) is 6.68. The van der Waals surface area contributed by atoms with Crippen molar-refractivity contribution in [1.82, 2.24) is 0 Å². The van der Waals surface area contributed by atoms with E-state index in [-0.39, 0.29) is 32.7 Å². The van der Waals surface area contributed by atoms with Crippen molar-refractivity contribution >= 4 is 0 Å². The van der Waals surface area contributed by atoms with E-state index >= 15 is 0 Å². The zero-order chi connectivity index (χ0) is 8.97. The number of benzene rings is 1. The minimum absolute atomic E-state index is 0. The minimum atomic E-state index is 0. The Balaban J connectivity index is 0.00000144. The second kappa shape index (κ2) is 6.73. The van der Waals surface area contributed by atoms with Crippen LogP contribution in [0.5, 0.6) is 0 Å². The van der Waals surface area contributed by atoms with Gasteiger partial charge < -0.3 is 5.92 Å². The van der Waals surface area contributed by atoms with Gasteiger partial charge in [-0.3, -0.25) is 0 Å². The van der Waals surface area contributed by atoms with Crippen LogP contribution in [0.25, 0.3) is 0 Å². The van der Waals surface area contributed by atoms with Gasteiger partial charge in [-0.2, -0.15) is 19.8 Å². The Labute approximate surface area is 107 Å². The fourth-order valence-corrected chi connectivity index (χ4v) is 1.17. The van der Waals surface area contributed by atoms with Gasteiger partial charge >= 0.3 is 0 Å². The zero-order valence-corrected chi connectivity index (χ0v) is 11.6. The molecule has 0 spiro atoms. The molecule has 0 N–H and O–H groups in total. The molecule has 0 saturated heterocycles. The van der Waals surface area contributed by atoms with Gasteiger partial charge in [-0.05, 0) is 0 Å². The Morgan fingerprint density at radius 3 is 2.15 bits per heavy atom. The van der Waals surface area contributed by atoms with E-state index < -0.39 is 0 Å². The first-order valence-electron chi connectivity index (χ1n) is 4.54. The van der Waals surface area contributed by atoms with Crippen LogP contribution in [-0.2, 0) is 39.1 Å². The summed E-state index contributed by atoms with van der Waals surface area (Å²) in [6, 6.07) is 10.7. The second-order valence-corrected chi connectivity index (χ2v) is 3.67. The Kier molecular flexibility index (Phi) is 6.90. The molecule has 1 aromatic rings. The van der Waals surface area contributed by atoms with E-state index in [0.29, 0.717) is 5.92 Å². The van der Waals surface area contributed by atoms with E-state index in [4.69, 9.17) is 0 Å². The molecule has 0 nitrogen and oxygen atoms in total. The smallest absolute Gasteiger partial charge is 0 e. The van der Waals surface area contributed by atoms with Crippen molar-refractivity contribution in [3.63, 3.8) is 0 Å². The molecule has 1 aromatic carbocycles. The topological polar surface area (TPSA) is 0 Å². The Bertz CT molecular complexity index is 216. The molecule has 0 saturated carbocycles. The molecule has 0 aliphatic carbocycles. The van der Waals surface area contributed by atoms with E-state index in [2.05, 4.69) is 51.1 Å². The van der Waals surface area contributed by atoms with Crippen molar-refractivity contribution in [3.05, 3.63) is 41.8 Å². The maximum Gasteiger partial charge on any atom is 0 e. The van der Waals surface area contributed by atoms with E-state index in [1.807, 2.05) is 0 Å². The second-order valence-electron chi connectivity index (χ2n) is 3.67. The molecular formula is C12H17Y-. The van der Waals surface area contributed by atoms with Gasteiger partial charge in [0.2, 0.25) is 0 Å². The summed E-state index contributed by atoms with van der Waals surface area (Å²) in [5.74, 6) is 2.21. The van der Waals surface area contributed by atoms with Crippen molar-refractivity contribution in [3.8, 4) is 0 Å². The molecule has 0 aromatic heterocycles. The third kappa shape index (κ3) is 4.93. The predicted octanol–water partition coefficient (Wildman–Crippen LogP) is 3.48. The first kappa shape index (κ1) is 13.3. The summed E-state index contributed by atoms with van der Waals surface area (Å²) in [7, 11) is 0. The van der Waals surface area contributed by atoms with Gasteiger partial charge in [0, 0.05) is 32.7 Å². The van der Waals surface area contributed by atoms with Crippen LogP contribution in [0, 0.1) is 11.8 Å². The monoisotopic (exact) mass is 250 g/mol. The quantitative estimate of drug-likeness (QED) is 0.720. The molecule has 0 fully saturated rings. The van der Waals surface area contributed by atoms with Crippen LogP contribution in [0.3, 0.4) is 0 Å². The Hall–Kier alpha value is 0.324. The molecule has 0 heterocycles. The van der Waals surface area contributed by atoms with Crippen LogP contribution >= 0.6 is 0 Å². The normalized spacial score (nSPS) is 12.3. The summed E-state index contributed by atoms with van der Waals surface area (Å²) >= 11 is 0. The van der Waals surface area contributed by atoms with E-state index in [1.165, 1.54) is 17.9 Å². The standard InChI is InChI=1S/C12H17.Y/c1-10(2)11(3)9-12-7-5-4-6-8-12;/h4-8,11H,9H2,1-3H3;/q-1;. The van der Waals surface area contributed by atoms with Crippen molar-refractivity contribution in [1.29, 1.82) is 0 Å². The Morgan fingerprint density at radius 2 is 1.69 bits per heavy atom. The van der Waals surface area contributed by atoms with E-state index in [1.54, 1.807) is 0 Å². The molecule has 0 bridgehead atoms. The van der Waals surface area contributed by atoms with Gasteiger partial charge in [0.05, 0.1) is 0 Å². The Morgan fingerprint density at radius 1 is 1.15 bits per heavy atom. The molecule has 1 heteroatoms. The van der Waals surface area contributed by atoms with Crippen LogP contribution in [0.15, 0.2) is 30.3 Å². The molecule has 0 aliphatic rings. The van der Waals surface area contributed by atoms with Crippen LogP contribution in [-0.4, -0.2) is 0 Å². The largest absolute Gasteiger partial charge is 0.317 e. The van der Waals surface area contributed by atoms with Gasteiger partial charge in [-0.1, -0.05) is 49.2 Å². The number of hydrogen-bond acceptors (Lipinski definition) is 0. The predicted molar refractivity (Wildman–Crippen MR) is 53.9 cm³/mol. The van der Waals surface area contributed by atoms with Crippen molar-refractivity contribution < 1.29 is 32.7 Å². The molecule has 13 heavy (non-hydrogen) atoms. The number of hydrogen-bond donors (Lipinski definition) is 0. The fraction of sp³-hybridized carbons (Fsp3) is 0.417. The van der Waals surface area contributed by atoms with E-state index in [9.17, 15) is 0 Å². The molecule has 1 radical (unpaired) electrons. The van der Waals surface area contributed by atoms with Crippen molar-refractivity contribution in [2.24, 2.45) is 5.92 Å². The average molecular weight is 250 g/mol. The van der Waals surface area contributed by atoms with Gasteiger partial charge in [-0.15, -0.1) is 0 Å². The molecule has 1 unspecified atom stereocenters. The van der Waals surface area contributed by atoms with Gasteiger partial charge in [0.15, 0.2) is 0 Å². The first-order chi connectivity index (χ1) is 5.70. The summed E-state index contributed by atoms with van der Waals surface area (Å²) in [5, 5.41) is 0. The number of rotatable bonds is 3. The SMILES string of the molecule is C[C-](C)C(C)Cc1ccccc1.[Y]. The van der Waals surface area contributed by atoms with E-state index in [0.717, 1.165) is 0 Å². The van der Waals surface area contributed by atoms with Gasteiger partial charge in [-0.25, -0.2) is 0 Å². The summed E-state index contributed by atoms with van der Waals surface area (Å²) in [5.41, 5.74) is 1.44. The molecular weight excluding hydrogens is 233 g/mol. The summed E-state index contributed by atoms with van der Waals surface area (Å²) in [4.78, 5) is 0. The maximum absolute atomic E-state index is 2.28. The molecule has 0 amide bonds. The molecule has 69 valence electrons. The molecule has 1 atom stereocenters. The van der Waals surface area contributed by atoms with Crippen molar-refractivity contribution in [2.75, 3.05) is 0 Å². The van der Waals surface area contributed by atoms with Crippen LogP contribution in [0.1, 0.15) is 26.3 Å². The third-order valence-electron chi connectivity index (χ3n) is 2.37. The summed E-state index contributed by atoms with van der Waals surface area (Å²) in [6.07, 6.45) is 1.17. The van der Waals surface area contributed by atoms with Gasteiger partial charge in [0.1, 0.15) is 0 Å². The first-order valence-corrected chi connectivity index (χ1v) is 4.54. The van der Waals surface area contributed by atoms with Gasteiger partial charge in [0.25, 0.3) is 0 Å². The van der Waals surface area contributed by atoms with Crippen LogP contribution in [0.2, 0.25) is 0 Å². The molecule has 0 aliphatic heterocycles.